The summed E-state index contributed by atoms with van der Waals surface area (Å²) in [5.74, 6) is -1.57. The lowest BCUT2D eigenvalue weighted by atomic mass is 10.1. The number of alkyl carbamates (subject to hydrolysis) is 1. The highest BCUT2D eigenvalue weighted by Gasteiger charge is 2.24. The number of nitrogens with two attached hydrogens (primary N) is 1. The van der Waals surface area contributed by atoms with E-state index in [1.807, 2.05) is 0 Å². The van der Waals surface area contributed by atoms with Gasteiger partial charge in [-0.15, -0.1) is 0 Å². The Bertz CT molecular complexity index is 522. The van der Waals surface area contributed by atoms with Crippen molar-refractivity contribution in [1.29, 1.82) is 0 Å². The zero-order valence-corrected chi connectivity index (χ0v) is 11.5. The predicted octanol–water partition coefficient (Wildman–Crippen LogP) is 1.15. The van der Waals surface area contributed by atoms with Gasteiger partial charge < -0.3 is 26.0 Å². The molecule has 1 unspecified atom stereocenters. The summed E-state index contributed by atoms with van der Waals surface area (Å²) in [6.07, 6.45) is -0.811. The molecule has 0 spiro atoms. The molecule has 0 aliphatic heterocycles. The number of carbonyl (C=O) groups is 2. The van der Waals surface area contributed by atoms with Crippen molar-refractivity contribution >= 4 is 12.0 Å². The summed E-state index contributed by atoms with van der Waals surface area (Å²) in [6, 6.07) is 2.53. The molecule has 110 valence electrons. The Hall–Kier alpha value is -2.44. The van der Waals surface area contributed by atoms with Gasteiger partial charge in [0.25, 0.3) is 0 Å². The summed E-state index contributed by atoms with van der Waals surface area (Å²) in [6.45, 7) is 5.04. The smallest absolute Gasteiger partial charge is 0.408 e. The highest BCUT2D eigenvalue weighted by Crippen LogP contribution is 2.27. The highest BCUT2D eigenvalue weighted by atomic mass is 16.6. The molecule has 0 aliphatic carbocycles. The Morgan fingerprint density at radius 3 is 2.30 bits per heavy atom. The minimum Gasteiger partial charge on any atom is -0.504 e. The van der Waals surface area contributed by atoms with Crippen LogP contribution in [0.1, 0.15) is 32.4 Å². The Morgan fingerprint density at radius 1 is 1.25 bits per heavy atom. The monoisotopic (exact) mass is 282 g/mol. The Balaban J connectivity index is 2.92. The Morgan fingerprint density at radius 2 is 1.85 bits per heavy atom. The van der Waals surface area contributed by atoms with Crippen molar-refractivity contribution in [2.45, 2.75) is 32.4 Å². The minimum atomic E-state index is -1.17. The van der Waals surface area contributed by atoms with Crippen molar-refractivity contribution < 1.29 is 24.5 Å². The van der Waals surface area contributed by atoms with Gasteiger partial charge in [0.1, 0.15) is 11.6 Å². The second-order valence-corrected chi connectivity index (χ2v) is 5.23. The van der Waals surface area contributed by atoms with Crippen molar-refractivity contribution in [1.82, 2.24) is 5.32 Å². The molecule has 0 bridgehead atoms. The predicted molar refractivity (Wildman–Crippen MR) is 71.1 cm³/mol. The lowest BCUT2D eigenvalue weighted by Gasteiger charge is -2.22. The maximum absolute atomic E-state index is 11.6. The number of amides is 2. The molecule has 0 saturated heterocycles. The van der Waals surface area contributed by atoms with Crippen molar-refractivity contribution in [2.75, 3.05) is 0 Å². The fourth-order valence-electron chi connectivity index (χ4n) is 1.46. The van der Waals surface area contributed by atoms with Gasteiger partial charge in [-0.25, -0.2) is 4.79 Å². The van der Waals surface area contributed by atoms with Crippen LogP contribution in [0.5, 0.6) is 11.5 Å². The first-order valence-electron chi connectivity index (χ1n) is 5.91. The quantitative estimate of drug-likeness (QED) is 0.619. The van der Waals surface area contributed by atoms with Crippen LogP contribution in [0.2, 0.25) is 0 Å². The van der Waals surface area contributed by atoms with Crippen LogP contribution in [0, 0.1) is 0 Å². The molecule has 1 atom stereocenters. The van der Waals surface area contributed by atoms with E-state index in [1.54, 1.807) is 20.8 Å². The number of phenols is 2. The van der Waals surface area contributed by atoms with E-state index in [1.165, 1.54) is 12.1 Å². The van der Waals surface area contributed by atoms with Gasteiger partial charge in [-0.3, -0.25) is 4.79 Å². The molecule has 0 saturated carbocycles. The van der Waals surface area contributed by atoms with E-state index in [2.05, 4.69) is 5.32 Å². The molecule has 7 nitrogen and oxygen atoms in total. The molecule has 0 radical (unpaired) electrons. The summed E-state index contributed by atoms with van der Waals surface area (Å²) in [7, 11) is 0. The van der Waals surface area contributed by atoms with Crippen molar-refractivity contribution in [3.63, 3.8) is 0 Å². The molecular weight excluding hydrogens is 264 g/mol. The van der Waals surface area contributed by atoms with Gasteiger partial charge in [-0.2, -0.15) is 0 Å². The molecule has 7 heteroatoms. The van der Waals surface area contributed by atoms with E-state index in [9.17, 15) is 19.8 Å². The second kappa shape index (κ2) is 5.68. The molecule has 0 heterocycles. The zero-order valence-electron chi connectivity index (χ0n) is 11.5. The Labute approximate surface area is 116 Å². The number of rotatable bonds is 3. The van der Waals surface area contributed by atoms with Crippen LogP contribution in [-0.4, -0.2) is 27.8 Å². The van der Waals surface area contributed by atoms with E-state index < -0.39 is 29.4 Å². The van der Waals surface area contributed by atoms with Gasteiger partial charge in [0, 0.05) is 0 Å². The van der Waals surface area contributed by atoms with Gasteiger partial charge in [0.15, 0.2) is 11.5 Å². The van der Waals surface area contributed by atoms with E-state index in [-0.39, 0.29) is 11.3 Å². The standard InChI is InChI=1S/C13H18N2O5/c1-13(2,3)20-12(19)15-10(11(14)18)7-4-5-8(16)9(17)6-7/h4-6,10,16-17H,1-3H3,(H2,14,18)(H,15,19). The molecule has 20 heavy (non-hydrogen) atoms. The largest absolute Gasteiger partial charge is 0.504 e. The fourth-order valence-corrected chi connectivity index (χ4v) is 1.46. The van der Waals surface area contributed by atoms with Crippen LogP contribution >= 0.6 is 0 Å². The third-order valence-corrected chi connectivity index (χ3v) is 2.28. The third-order valence-electron chi connectivity index (χ3n) is 2.28. The first-order chi connectivity index (χ1) is 9.10. The summed E-state index contributed by atoms with van der Waals surface area (Å²) in [4.78, 5) is 23.1. The number of aromatic hydroxyl groups is 2. The highest BCUT2D eigenvalue weighted by molar-refractivity contribution is 5.85. The third kappa shape index (κ3) is 4.34. The van der Waals surface area contributed by atoms with Gasteiger partial charge in [-0.1, -0.05) is 6.07 Å². The average Bonchev–Trinajstić information content (AvgIpc) is 2.27. The minimum absolute atomic E-state index is 0.235. The maximum atomic E-state index is 11.6. The fraction of sp³-hybridized carbons (Fsp3) is 0.385. The van der Waals surface area contributed by atoms with Crippen LogP contribution in [0.15, 0.2) is 18.2 Å². The number of nitrogens with one attached hydrogen (secondary N) is 1. The summed E-state index contributed by atoms with van der Waals surface area (Å²) in [5, 5.41) is 20.9. The molecule has 0 fully saturated rings. The van der Waals surface area contributed by atoms with Gasteiger partial charge in [-0.05, 0) is 38.5 Å². The van der Waals surface area contributed by atoms with Crippen LogP contribution in [0.25, 0.3) is 0 Å². The molecule has 5 N–H and O–H groups in total. The number of phenolic OH excluding ortho intramolecular Hbond substituents is 2. The maximum Gasteiger partial charge on any atom is 0.408 e. The molecule has 1 aromatic carbocycles. The second-order valence-electron chi connectivity index (χ2n) is 5.23. The molecule has 2 amide bonds. The number of hydrogen-bond acceptors (Lipinski definition) is 5. The number of hydrogen-bond donors (Lipinski definition) is 4. The first kappa shape index (κ1) is 15.6. The Kier molecular flexibility index (Phi) is 4.44. The van der Waals surface area contributed by atoms with Crippen LogP contribution in [0.4, 0.5) is 4.79 Å². The lowest BCUT2D eigenvalue weighted by Crippen LogP contribution is -2.40. The summed E-state index contributed by atoms with van der Waals surface area (Å²) >= 11 is 0. The molecule has 1 aromatic rings. The first-order valence-corrected chi connectivity index (χ1v) is 5.91. The number of ether oxygens (including phenoxy) is 1. The van der Waals surface area contributed by atoms with Crippen LogP contribution in [-0.2, 0) is 9.53 Å². The zero-order chi connectivity index (χ0) is 15.5. The van der Waals surface area contributed by atoms with E-state index in [0.29, 0.717) is 0 Å². The number of primary amides is 1. The van der Waals surface area contributed by atoms with E-state index in [4.69, 9.17) is 10.5 Å². The molecular formula is C13H18N2O5. The summed E-state index contributed by atoms with van der Waals surface area (Å²) < 4.78 is 5.02. The van der Waals surface area contributed by atoms with E-state index in [0.717, 1.165) is 6.07 Å². The normalized spacial score (nSPS) is 12.6. The van der Waals surface area contributed by atoms with Crippen LogP contribution < -0.4 is 11.1 Å². The van der Waals surface area contributed by atoms with Crippen molar-refractivity contribution in [3.05, 3.63) is 23.8 Å². The number of carbonyl (C=O) groups excluding carboxylic acids is 2. The average molecular weight is 282 g/mol. The SMILES string of the molecule is CC(C)(C)OC(=O)NC(C(N)=O)c1ccc(O)c(O)c1. The number of benzene rings is 1. The molecule has 0 aromatic heterocycles. The molecule has 0 aliphatic rings. The molecule has 1 rings (SSSR count). The van der Waals surface area contributed by atoms with Gasteiger partial charge in [0.05, 0.1) is 0 Å². The van der Waals surface area contributed by atoms with E-state index >= 15 is 0 Å². The topological polar surface area (TPSA) is 122 Å². The summed E-state index contributed by atoms with van der Waals surface area (Å²) in [5.41, 5.74) is 4.73. The van der Waals surface area contributed by atoms with Gasteiger partial charge >= 0.3 is 6.09 Å². The lowest BCUT2D eigenvalue weighted by molar-refractivity contribution is -0.120. The van der Waals surface area contributed by atoms with Crippen molar-refractivity contribution in [3.8, 4) is 11.5 Å². The van der Waals surface area contributed by atoms with Gasteiger partial charge in [0.2, 0.25) is 5.91 Å². The van der Waals surface area contributed by atoms with Crippen molar-refractivity contribution in [2.24, 2.45) is 5.73 Å². The van der Waals surface area contributed by atoms with Crippen LogP contribution in [0.3, 0.4) is 0 Å².